The van der Waals surface area contributed by atoms with Crippen molar-refractivity contribution < 1.29 is 9.15 Å². The second-order valence-corrected chi connectivity index (χ2v) is 5.34. The highest BCUT2D eigenvalue weighted by molar-refractivity contribution is 5.61. The molecule has 0 saturated heterocycles. The van der Waals surface area contributed by atoms with Crippen molar-refractivity contribution >= 4 is 0 Å². The first-order valence-electron chi connectivity index (χ1n) is 7.78. The summed E-state index contributed by atoms with van der Waals surface area (Å²) in [5, 5.41) is 4.47. The smallest absolute Gasteiger partial charge is 0.275 e. The van der Waals surface area contributed by atoms with Crippen molar-refractivity contribution in [3.8, 4) is 28.6 Å². The summed E-state index contributed by atoms with van der Waals surface area (Å²) in [6.45, 7) is 0. The van der Waals surface area contributed by atoms with E-state index >= 15 is 0 Å². The van der Waals surface area contributed by atoms with Crippen molar-refractivity contribution in [2.75, 3.05) is 0 Å². The van der Waals surface area contributed by atoms with Gasteiger partial charge in [0, 0.05) is 0 Å². The fraction of sp³-hybridized carbons (Fsp3) is 0. The number of para-hydroxylation sites is 2. The maximum Gasteiger partial charge on any atom is 0.275 e. The molecule has 0 aliphatic heterocycles. The molecular formula is C20H14N2O3. The quantitative estimate of drug-likeness (QED) is 0.560. The van der Waals surface area contributed by atoms with Gasteiger partial charge in [0.25, 0.3) is 5.56 Å². The summed E-state index contributed by atoms with van der Waals surface area (Å²) in [5.41, 5.74) is 0.844. The molecule has 5 heteroatoms. The average molecular weight is 330 g/mol. The molecule has 0 fully saturated rings. The molecule has 0 aliphatic rings. The number of aromatic nitrogens is 2. The second kappa shape index (κ2) is 6.49. The van der Waals surface area contributed by atoms with Crippen LogP contribution in [0.3, 0.4) is 0 Å². The highest BCUT2D eigenvalue weighted by Gasteiger charge is 2.16. The molecule has 0 spiro atoms. The fourth-order valence-electron chi connectivity index (χ4n) is 2.47. The number of hydrogen-bond donors (Lipinski definition) is 0. The first kappa shape index (κ1) is 15.0. The number of nitrogens with zero attached hydrogens (tertiary/aromatic N) is 2. The summed E-state index contributed by atoms with van der Waals surface area (Å²) in [7, 11) is 0. The van der Waals surface area contributed by atoms with Crippen LogP contribution in [0.4, 0.5) is 0 Å². The van der Waals surface area contributed by atoms with Gasteiger partial charge in [0.1, 0.15) is 5.75 Å². The Bertz CT molecular complexity index is 1020. The highest BCUT2D eigenvalue weighted by Crippen LogP contribution is 2.30. The summed E-state index contributed by atoms with van der Waals surface area (Å²) in [6, 6.07) is 23.4. The molecule has 0 bridgehead atoms. The van der Waals surface area contributed by atoms with Crippen LogP contribution in [0.5, 0.6) is 11.5 Å². The number of rotatable bonds is 4. The predicted molar refractivity (Wildman–Crippen MR) is 94.1 cm³/mol. The summed E-state index contributed by atoms with van der Waals surface area (Å²) in [5.74, 6) is 1.49. The van der Waals surface area contributed by atoms with Crippen molar-refractivity contribution in [1.82, 2.24) is 9.78 Å². The molecule has 122 valence electrons. The molecule has 0 amide bonds. The Morgan fingerprint density at radius 1 is 0.880 bits per heavy atom. The van der Waals surface area contributed by atoms with Gasteiger partial charge in [-0.2, -0.15) is 9.78 Å². The van der Waals surface area contributed by atoms with Crippen LogP contribution in [0.2, 0.25) is 0 Å². The Balaban J connectivity index is 1.87. The molecule has 0 unspecified atom stereocenters. The van der Waals surface area contributed by atoms with Crippen LogP contribution < -0.4 is 10.3 Å². The lowest BCUT2D eigenvalue weighted by atomic mass is 10.2. The predicted octanol–water partition coefficient (Wildman–Crippen LogP) is 4.28. The summed E-state index contributed by atoms with van der Waals surface area (Å²) >= 11 is 0. The second-order valence-electron chi connectivity index (χ2n) is 5.34. The normalized spacial score (nSPS) is 10.6. The molecule has 2 heterocycles. The number of hydrogen-bond acceptors (Lipinski definition) is 4. The molecular weight excluding hydrogens is 316 g/mol. The fourth-order valence-corrected chi connectivity index (χ4v) is 2.47. The van der Waals surface area contributed by atoms with E-state index in [-0.39, 0.29) is 5.56 Å². The zero-order chi connectivity index (χ0) is 17.1. The first-order chi connectivity index (χ1) is 12.3. The van der Waals surface area contributed by atoms with Crippen molar-refractivity contribution in [1.29, 1.82) is 0 Å². The molecule has 2 aromatic carbocycles. The van der Waals surface area contributed by atoms with Crippen molar-refractivity contribution in [3.05, 3.63) is 95.5 Å². The van der Waals surface area contributed by atoms with Crippen molar-refractivity contribution in [2.45, 2.75) is 0 Å². The molecule has 25 heavy (non-hydrogen) atoms. The molecule has 4 rings (SSSR count). The van der Waals surface area contributed by atoms with Crippen LogP contribution in [-0.2, 0) is 0 Å². The van der Waals surface area contributed by atoms with E-state index < -0.39 is 0 Å². The lowest BCUT2D eigenvalue weighted by Gasteiger charge is -2.11. The lowest BCUT2D eigenvalue weighted by Crippen LogP contribution is -2.21. The van der Waals surface area contributed by atoms with Crippen LogP contribution in [0.15, 0.2) is 94.3 Å². The van der Waals surface area contributed by atoms with Crippen LogP contribution in [-0.4, -0.2) is 9.78 Å². The molecule has 0 aliphatic carbocycles. The van der Waals surface area contributed by atoms with E-state index in [9.17, 15) is 4.79 Å². The zero-order valence-corrected chi connectivity index (χ0v) is 13.2. The summed E-state index contributed by atoms with van der Waals surface area (Å²) in [6.07, 6.45) is 1.56. The topological polar surface area (TPSA) is 57.3 Å². The van der Waals surface area contributed by atoms with Gasteiger partial charge in [-0.15, -0.1) is 0 Å². The van der Waals surface area contributed by atoms with Gasteiger partial charge in [-0.05, 0) is 36.4 Å². The summed E-state index contributed by atoms with van der Waals surface area (Å²) in [4.78, 5) is 12.5. The zero-order valence-electron chi connectivity index (χ0n) is 13.2. The van der Waals surface area contributed by atoms with Crippen LogP contribution in [0.1, 0.15) is 0 Å². The third-order valence-corrected chi connectivity index (χ3v) is 3.62. The third-order valence-electron chi connectivity index (χ3n) is 3.62. The van der Waals surface area contributed by atoms with E-state index in [1.165, 1.54) is 10.7 Å². The molecule has 0 radical (unpaired) electrons. The van der Waals surface area contributed by atoms with Gasteiger partial charge in [0.15, 0.2) is 17.2 Å². The maximum absolute atomic E-state index is 12.5. The first-order valence-corrected chi connectivity index (χ1v) is 7.78. The van der Waals surface area contributed by atoms with E-state index in [2.05, 4.69) is 5.10 Å². The molecule has 0 saturated carbocycles. The molecule has 5 nitrogen and oxygen atoms in total. The number of benzene rings is 2. The minimum atomic E-state index is -0.285. The Morgan fingerprint density at radius 3 is 2.28 bits per heavy atom. The minimum Gasteiger partial charge on any atom is -0.463 e. The van der Waals surface area contributed by atoms with Gasteiger partial charge in [0.2, 0.25) is 0 Å². The maximum atomic E-state index is 12.5. The average Bonchev–Trinajstić information content (AvgIpc) is 3.18. The monoisotopic (exact) mass is 330 g/mol. The van der Waals surface area contributed by atoms with Gasteiger partial charge < -0.3 is 9.15 Å². The minimum absolute atomic E-state index is 0.285. The molecule has 0 N–H and O–H groups in total. The largest absolute Gasteiger partial charge is 0.463 e. The Morgan fingerprint density at radius 2 is 1.60 bits per heavy atom. The van der Waals surface area contributed by atoms with Crippen LogP contribution in [0.25, 0.3) is 17.1 Å². The van der Waals surface area contributed by atoms with Gasteiger partial charge in [-0.25, -0.2) is 0 Å². The van der Waals surface area contributed by atoms with Gasteiger partial charge >= 0.3 is 0 Å². The standard InChI is InChI=1S/C20H14N2O3/c23-19-14-18(25-16-10-5-2-6-11-16)20(17-12-7-13-24-17)21-22(19)15-8-3-1-4-9-15/h1-14H. The van der Waals surface area contributed by atoms with Gasteiger partial charge in [-0.3, -0.25) is 4.79 Å². The van der Waals surface area contributed by atoms with E-state index in [1.54, 1.807) is 18.4 Å². The molecule has 4 aromatic rings. The molecule has 0 atom stereocenters. The Kier molecular flexibility index (Phi) is 3.88. The summed E-state index contributed by atoms with van der Waals surface area (Å²) < 4.78 is 12.7. The van der Waals surface area contributed by atoms with E-state index in [4.69, 9.17) is 9.15 Å². The lowest BCUT2D eigenvalue weighted by molar-refractivity contribution is 0.473. The van der Waals surface area contributed by atoms with E-state index in [0.717, 1.165) is 0 Å². The van der Waals surface area contributed by atoms with Gasteiger partial charge in [0.05, 0.1) is 18.0 Å². The van der Waals surface area contributed by atoms with Crippen LogP contribution >= 0.6 is 0 Å². The third kappa shape index (κ3) is 3.07. The van der Waals surface area contributed by atoms with E-state index in [1.807, 2.05) is 60.7 Å². The SMILES string of the molecule is O=c1cc(Oc2ccccc2)c(-c2ccco2)nn1-c1ccccc1. The van der Waals surface area contributed by atoms with Crippen LogP contribution in [0, 0.1) is 0 Å². The number of ether oxygens (including phenoxy) is 1. The van der Waals surface area contributed by atoms with Gasteiger partial charge in [-0.1, -0.05) is 36.4 Å². The Labute approximate surface area is 143 Å². The highest BCUT2D eigenvalue weighted by atomic mass is 16.5. The Hall–Kier alpha value is -3.60. The number of furan rings is 1. The molecule has 2 aromatic heterocycles. The van der Waals surface area contributed by atoms with Crippen molar-refractivity contribution in [3.63, 3.8) is 0 Å². The van der Waals surface area contributed by atoms with E-state index in [0.29, 0.717) is 28.6 Å². The van der Waals surface area contributed by atoms with Crippen molar-refractivity contribution in [2.24, 2.45) is 0 Å².